The molecule has 0 aliphatic heterocycles. The molecule has 2 aromatic rings. The summed E-state index contributed by atoms with van der Waals surface area (Å²) >= 11 is 6.06. The lowest BCUT2D eigenvalue weighted by molar-refractivity contribution is 0.377. The molecule has 1 heterocycles. The van der Waals surface area contributed by atoms with Gasteiger partial charge >= 0.3 is 0 Å². The molecule has 2 N–H and O–H groups in total. The Kier molecular flexibility index (Phi) is 3.69. The van der Waals surface area contributed by atoms with Crippen LogP contribution in [0, 0.1) is 0 Å². The number of methoxy groups -OCH3 is 2. The molecule has 0 aliphatic carbocycles. The fourth-order valence-corrected chi connectivity index (χ4v) is 1.79. The van der Waals surface area contributed by atoms with Crippen molar-refractivity contribution in [1.29, 1.82) is 0 Å². The average Bonchev–Trinajstić information content (AvgIpc) is 2.86. The topological polar surface area (TPSA) is 83.4 Å². The van der Waals surface area contributed by atoms with Crippen LogP contribution in [0.5, 0.6) is 11.5 Å². The van der Waals surface area contributed by atoms with Crippen LogP contribution in [0.15, 0.2) is 16.7 Å². The van der Waals surface area contributed by atoms with Crippen molar-refractivity contribution < 1.29 is 14.0 Å². The summed E-state index contributed by atoms with van der Waals surface area (Å²) in [7, 11) is 3.05. The van der Waals surface area contributed by atoms with E-state index in [4.69, 9.17) is 31.3 Å². The number of hydrogen-bond donors (Lipinski definition) is 1. The van der Waals surface area contributed by atoms with E-state index in [0.717, 1.165) is 0 Å². The maximum atomic E-state index is 6.06. The molecule has 0 radical (unpaired) electrons. The van der Waals surface area contributed by atoms with Gasteiger partial charge < -0.3 is 19.7 Å². The molecular formula is C11H12ClN3O3. The van der Waals surface area contributed by atoms with Crippen LogP contribution in [0.25, 0.3) is 11.4 Å². The summed E-state index contributed by atoms with van der Waals surface area (Å²) in [5.74, 6) is 1.63. The van der Waals surface area contributed by atoms with Gasteiger partial charge in [0.05, 0.1) is 25.8 Å². The van der Waals surface area contributed by atoms with Crippen LogP contribution < -0.4 is 15.2 Å². The minimum absolute atomic E-state index is 0.165. The van der Waals surface area contributed by atoms with Gasteiger partial charge in [-0.15, -0.1) is 0 Å². The van der Waals surface area contributed by atoms with E-state index in [1.807, 2.05) is 0 Å². The van der Waals surface area contributed by atoms with Gasteiger partial charge in [0.1, 0.15) is 11.3 Å². The molecule has 0 saturated carbocycles. The molecular weight excluding hydrogens is 258 g/mol. The fraction of sp³-hybridized carbons (Fsp3) is 0.273. The molecule has 7 heteroatoms. The first-order chi connectivity index (χ1) is 8.71. The second-order valence-electron chi connectivity index (χ2n) is 3.37. The quantitative estimate of drug-likeness (QED) is 0.912. The second-order valence-corrected chi connectivity index (χ2v) is 3.78. The first kappa shape index (κ1) is 12.7. The Morgan fingerprint density at radius 3 is 2.67 bits per heavy atom. The van der Waals surface area contributed by atoms with Crippen molar-refractivity contribution in [3.8, 4) is 22.9 Å². The largest absolute Gasteiger partial charge is 0.496 e. The number of benzene rings is 1. The Morgan fingerprint density at radius 2 is 2.11 bits per heavy atom. The smallest absolute Gasteiger partial charge is 0.240 e. The van der Waals surface area contributed by atoms with E-state index in [2.05, 4.69) is 10.1 Å². The zero-order valence-electron chi connectivity index (χ0n) is 9.94. The van der Waals surface area contributed by atoms with Crippen molar-refractivity contribution in [2.24, 2.45) is 5.73 Å². The van der Waals surface area contributed by atoms with Gasteiger partial charge in [-0.1, -0.05) is 16.8 Å². The van der Waals surface area contributed by atoms with Gasteiger partial charge in [-0.25, -0.2) is 0 Å². The van der Waals surface area contributed by atoms with Gasteiger partial charge in [-0.2, -0.15) is 4.98 Å². The Balaban J connectivity index is 2.63. The monoisotopic (exact) mass is 269 g/mol. The third kappa shape index (κ3) is 2.12. The third-order valence-corrected chi connectivity index (χ3v) is 2.66. The number of aromatic nitrogens is 2. The molecule has 0 amide bonds. The molecule has 0 bridgehead atoms. The molecule has 18 heavy (non-hydrogen) atoms. The van der Waals surface area contributed by atoms with Gasteiger partial charge in [0.2, 0.25) is 11.7 Å². The first-order valence-corrected chi connectivity index (χ1v) is 5.52. The molecule has 96 valence electrons. The molecule has 6 nitrogen and oxygen atoms in total. The molecule has 0 saturated heterocycles. The molecule has 0 aliphatic rings. The number of nitrogens with two attached hydrogens (primary N) is 1. The van der Waals surface area contributed by atoms with Crippen molar-refractivity contribution in [1.82, 2.24) is 10.1 Å². The number of hydrogen-bond acceptors (Lipinski definition) is 6. The number of halogens is 1. The molecule has 1 aromatic carbocycles. The summed E-state index contributed by atoms with van der Waals surface area (Å²) in [5, 5.41) is 4.27. The maximum Gasteiger partial charge on any atom is 0.240 e. The van der Waals surface area contributed by atoms with Crippen LogP contribution in [0.1, 0.15) is 5.89 Å². The second kappa shape index (κ2) is 5.24. The van der Waals surface area contributed by atoms with Gasteiger partial charge in [0.25, 0.3) is 0 Å². The Hall–Kier alpha value is -1.79. The highest BCUT2D eigenvalue weighted by Crippen LogP contribution is 2.41. The number of rotatable bonds is 4. The molecule has 0 fully saturated rings. The van der Waals surface area contributed by atoms with E-state index >= 15 is 0 Å². The van der Waals surface area contributed by atoms with E-state index in [-0.39, 0.29) is 6.54 Å². The molecule has 1 aromatic heterocycles. The van der Waals surface area contributed by atoms with E-state index in [1.54, 1.807) is 12.1 Å². The van der Waals surface area contributed by atoms with Crippen LogP contribution in [0.4, 0.5) is 0 Å². The summed E-state index contributed by atoms with van der Waals surface area (Å²) in [6.07, 6.45) is 0. The van der Waals surface area contributed by atoms with Gasteiger partial charge in [-0.05, 0) is 12.1 Å². The minimum atomic E-state index is 0.165. The van der Waals surface area contributed by atoms with Crippen LogP contribution in [0.2, 0.25) is 5.02 Å². The molecule has 0 spiro atoms. The van der Waals surface area contributed by atoms with Crippen molar-refractivity contribution in [2.45, 2.75) is 6.54 Å². The van der Waals surface area contributed by atoms with Crippen LogP contribution in [-0.2, 0) is 6.54 Å². The predicted molar refractivity (Wildman–Crippen MR) is 65.7 cm³/mol. The van der Waals surface area contributed by atoms with Crippen LogP contribution in [-0.4, -0.2) is 24.4 Å². The number of ether oxygens (including phenoxy) is 2. The van der Waals surface area contributed by atoms with Crippen molar-refractivity contribution in [3.05, 3.63) is 23.0 Å². The van der Waals surface area contributed by atoms with Crippen molar-refractivity contribution in [2.75, 3.05) is 14.2 Å². The van der Waals surface area contributed by atoms with Crippen LogP contribution in [0.3, 0.4) is 0 Å². The van der Waals surface area contributed by atoms with Crippen molar-refractivity contribution >= 4 is 11.6 Å². The van der Waals surface area contributed by atoms with E-state index < -0.39 is 0 Å². The zero-order valence-corrected chi connectivity index (χ0v) is 10.7. The minimum Gasteiger partial charge on any atom is -0.496 e. The van der Waals surface area contributed by atoms with Gasteiger partial charge in [-0.3, -0.25) is 0 Å². The van der Waals surface area contributed by atoms with Crippen LogP contribution >= 0.6 is 11.6 Å². The number of nitrogens with zero attached hydrogens (tertiary/aromatic N) is 2. The van der Waals surface area contributed by atoms with Crippen molar-refractivity contribution in [3.63, 3.8) is 0 Å². The fourth-order valence-electron chi connectivity index (χ4n) is 1.56. The standard InChI is InChI=1S/C11H12ClN3O3/c1-16-7-4-3-6(12)10(17-2)9(7)11-14-8(5-13)18-15-11/h3-4H,5,13H2,1-2H3. The predicted octanol–water partition coefficient (Wildman–Crippen LogP) is 1.87. The summed E-state index contributed by atoms with van der Waals surface area (Å²) in [6.45, 7) is 0.165. The SMILES string of the molecule is COc1ccc(Cl)c(OC)c1-c1noc(CN)n1. The molecule has 0 atom stereocenters. The average molecular weight is 270 g/mol. The van der Waals surface area contributed by atoms with Gasteiger partial charge in [0.15, 0.2) is 5.75 Å². The van der Waals surface area contributed by atoms with E-state index in [1.165, 1.54) is 14.2 Å². The van der Waals surface area contributed by atoms with E-state index in [0.29, 0.717) is 33.8 Å². The molecule has 0 unspecified atom stereocenters. The summed E-state index contributed by atoms with van der Waals surface area (Å²) in [4.78, 5) is 4.14. The third-order valence-electron chi connectivity index (χ3n) is 2.36. The lowest BCUT2D eigenvalue weighted by Gasteiger charge is -2.11. The summed E-state index contributed by atoms with van der Waals surface area (Å²) < 4.78 is 15.5. The normalized spacial score (nSPS) is 10.4. The Labute approximate surface area is 109 Å². The lowest BCUT2D eigenvalue weighted by atomic mass is 10.1. The Morgan fingerprint density at radius 1 is 1.33 bits per heavy atom. The molecule has 2 rings (SSSR count). The van der Waals surface area contributed by atoms with E-state index in [9.17, 15) is 0 Å². The van der Waals surface area contributed by atoms with Gasteiger partial charge in [0, 0.05) is 0 Å². The Bertz CT molecular complexity index is 556. The lowest BCUT2D eigenvalue weighted by Crippen LogP contribution is -1.97. The highest BCUT2D eigenvalue weighted by molar-refractivity contribution is 6.32. The first-order valence-electron chi connectivity index (χ1n) is 5.14. The highest BCUT2D eigenvalue weighted by atomic mass is 35.5. The summed E-state index contributed by atoms with van der Waals surface area (Å²) in [5.41, 5.74) is 5.97. The maximum absolute atomic E-state index is 6.06. The zero-order chi connectivity index (χ0) is 13.1. The summed E-state index contributed by atoms with van der Waals surface area (Å²) in [6, 6.07) is 3.38. The highest BCUT2D eigenvalue weighted by Gasteiger charge is 2.20.